The summed E-state index contributed by atoms with van der Waals surface area (Å²) in [5.41, 5.74) is 10.6. The Hall–Kier alpha value is -2.34. The van der Waals surface area contributed by atoms with Gasteiger partial charge >= 0.3 is 0 Å². The minimum atomic E-state index is -1.15. The molecule has 0 aliphatic heterocycles. The predicted molar refractivity (Wildman–Crippen MR) is 73.3 cm³/mol. The van der Waals surface area contributed by atoms with Crippen molar-refractivity contribution >= 4 is 0 Å². The third kappa shape index (κ3) is 2.97. The standard InChI is InChI=1S/C13H15N5O2/c1-9-4-2-3-5-11(9)18-8-10(6-16-18)13(20)12(19)7-15-17-14/h2-6,8,12-13,19-20H,7H2,1H3. The van der Waals surface area contributed by atoms with E-state index >= 15 is 0 Å². The van der Waals surface area contributed by atoms with E-state index in [1.807, 2.05) is 31.2 Å². The van der Waals surface area contributed by atoms with Gasteiger partial charge in [0.1, 0.15) is 6.10 Å². The van der Waals surface area contributed by atoms with Crippen molar-refractivity contribution in [3.63, 3.8) is 0 Å². The van der Waals surface area contributed by atoms with Crippen LogP contribution in [0.1, 0.15) is 17.2 Å². The van der Waals surface area contributed by atoms with Crippen molar-refractivity contribution in [2.45, 2.75) is 19.1 Å². The van der Waals surface area contributed by atoms with Gasteiger partial charge in [0.05, 0.1) is 24.5 Å². The molecule has 1 aromatic carbocycles. The molecule has 2 atom stereocenters. The lowest BCUT2D eigenvalue weighted by atomic mass is 10.1. The Labute approximate surface area is 115 Å². The summed E-state index contributed by atoms with van der Waals surface area (Å²) in [5, 5.41) is 27.1. The molecule has 104 valence electrons. The van der Waals surface area contributed by atoms with Gasteiger partial charge < -0.3 is 10.2 Å². The number of hydrogen-bond acceptors (Lipinski definition) is 4. The van der Waals surface area contributed by atoms with Crippen LogP contribution in [-0.2, 0) is 0 Å². The molecule has 1 heterocycles. The zero-order valence-corrected chi connectivity index (χ0v) is 11.0. The second kappa shape index (κ2) is 6.21. The third-order valence-corrected chi connectivity index (χ3v) is 3.00. The molecule has 0 saturated carbocycles. The number of azide groups is 1. The van der Waals surface area contributed by atoms with Crippen LogP contribution in [0.15, 0.2) is 41.8 Å². The van der Waals surface area contributed by atoms with E-state index in [1.54, 1.807) is 10.9 Å². The summed E-state index contributed by atoms with van der Waals surface area (Å²) in [6, 6.07) is 7.71. The van der Waals surface area contributed by atoms with Gasteiger partial charge in [-0.25, -0.2) is 4.68 Å². The number of aromatic nitrogens is 2. The molecule has 1 aromatic heterocycles. The van der Waals surface area contributed by atoms with Crippen LogP contribution in [0.5, 0.6) is 0 Å². The minimum Gasteiger partial charge on any atom is -0.390 e. The Bertz CT molecular complexity index is 633. The molecule has 2 rings (SSSR count). The number of aliphatic hydroxyl groups is 2. The second-order valence-corrected chi connectivity index (χ2v) is 4.43. The normalized spacial score (nSPS) is 13.6. The van der Waals surface area contributed by atoms with E-state index in [9.17, 15) is 10.2 Å². The van der Waals surface area contributed by atoms with Crippen LogP contribution in [-0.4, -0.2) is 32.6 Å². The summed E-state index contributed by atoms with van der Waals surface area (Å²) in [4.78, 5) is 2.55. The zero-order valence-electron chi connectivity index (χ0n) is 11.0. The molecule has 2 unspecified atom stereocenters. The number of benzene rings is 1. The van der Waals surface area contributed by atoms with Gasteiger partial charge in [-0.2, -0.15) is 5.10 Å². The van der Waals surface area contributed by atoms with E-state index in [-0.39, 0.29) is 6.54 Å². The second-order valence-electron chi connectivity index (χ2n) is 4.43. The lowest BCUT2D eigenvalue weighted by Gasteiger charge is -2.13. The summed E-state index contributed by atoms with van der Waals surface area (Å²) in [7, 11) is 0. The topological polar surface area (TPSA) is 107 Å². The van der Waals surface area contributed by atoms with Crippen molar-refractivity contribution in [3.8, 4) is 5.69 Å². The monoisotopic (exact) mass is 273 g/mol. The largest absolute Gasteiger partial charge is 0.390 e. The van der Waals surface area contributed by atoms with Crippen molar-refractivity contribution in [1.82, 2.24) is 9.78 Å². The molecular weight excluding hydrogens is 258 g/mol. The molecule has 2 aromatic rings. The van der Waals surface area contributed by atoms with E-state index < -0.39 is 12.2 Å². The average molecular weight is 273 g/mol. The Kier molecular flexibility index (Phi) is 4.37. The lowest BCUT2D eigenvalue weighted by molar-refractivity contribution is 0.0244. The summed E-state index contributed by atoms with van der Waals surface area (Å²) in [6.07, 6.45) is 0.835. The first-order valence-corrected chi connectivity index (χ1v) is 6.11. The van der Waals surface area contributed by atoms with Crippen LogP contribution in [0.3, 0.4) is 0 Å². The Morgan fingerprint density at radius 1 is 1.40 bits per heavy atom. The van der Waals surface area contributed by atoms with Gasteiger partial charge in [-0.1, -0.05) is 23.3 Å². The van der Waals surface area contributed by atoms with Gasteiger partial charge in [-0.05, 0) is 24.1 Å². The first kappa shape index (κ1) is 14.1. The SMILES string of the molecule is Cc1ccccc1-n1cc(C(O)C(O)CN=[N+]=[N-])cn1. The van der Waals surface area contributed by atoms with E-state index in [0.29, 0.717) is 5.56 Å². The Balaban J connectivity index is 2.21. The van der Waals surface area contributed by atoms with Gasteiger partial charge in [-0.3, -0.25) is 0 Å². The first-order valence-electron chi connectivity index (χ1n) is 6.11. The molecule has 7 heteroatoms. The highest BCUT2D eigenvalue weighted by Gasteiger charge is 2.19. The quantitative estimate of drug-likeness (QED) is 0.493. The Morgan fingerprint density at radius 2 is 2.15 bits per heavy atom. The number of nitrogens with zero attached hydrogens (tertiary/aromatic N) is 5. The van der Waals surface area contributed by atoms with Crippen molar-refractivity contribution < 1.29 is 10.2 Å². The predicted octanol–water partition coefficient (Wildman–Crippen LogP) is 1.89. The number of para-hydroxylation sites is 1. The van der Waals surface area contributed by atoms with Crippen LogP contribution in [0.4, 0.5) is 0 Å². The van der Waals surface area contributed by atoms with E-state index in [2.05, 4.69) is 15.1 Å². The Morgan fingerprint density at radius 3 is 2.85 bits per heavy atom. The fourth-order valence-corrected chi connectivity index (χ4v) is 1.88. The maximum absolute atomic E-state index is 9.96. The zero-order chi connectivity index (χ0) is 14.5. The maximum atomic E-state index is 9.96. The van der Waals surface area contributed by atoms with Crippen LogP contribution in [0.25, 0.3) is 16.1 Å². The van der Waals surface area contributed by atoms with E-state index in [1.165, 1.54) is 6.20 Å². The van der Waals surface area contributed by atoms with Crippen LogP contribution >= 0.6 is 0 Å². The van der Waals surface area contributed by atoms with Crippen molar-refractivity contribution in [1.29, 1.82) is 0 Å². The van der Waals surface area contributed by atoms with Gasteiger partial charge in [0.25, 0.3) is 0 Å². The number of rotatable bonds is 5. The summed E-state index contributed by atoms with van der Waals surface area (Å²) < 4.78 is 1.63. The van der Waals surface area contributed by atoms with Crippen LogP contribution in [0.2, 0.25) is 0 Å². The number of aliphatic hydroxyl groups excluding tert-OH is 2. The molecule has 0 fully saturated rings. The molecule has 0 saturated heterocycles. The van der Waals surface area contributed by atoms with Gasteiger partial charge in [0.2, 0.25) is 0 Å². The van der Waals surface area contributed by atoms with Crippen molar-refractivity contribution in [2.75, 3.05) is 6.54 Å². The highest BCUT2D eigenvalue weighted by atomic mass is 16.3. The number of hydrogen-bond donors (Lipinski definition) is 2. The summed E-state index contributed by atoms with van der Waals surface area (Å²) in [5.74, 6) is 0. The summed E-state index contributed by atoms with van der Waals surface area (Å²) in [6.45, 7) is 1.77. The fraction of sp³-hybridized carbons (Fsp3) is 0.308. The third-order valence-electron chi connectivity index (χ3n) is 3.00. The van der Waals surface area contributed by atoms with Gasteiger partial charge in [0, 0.05) is 16.7 Å². The number of aryl methyl sites for hydroxylation is 1. The smallest absolute Gasteiger partial charge is 0.108 e. The van der Waals surface area contributed by atoms with Crippen molar-refractivity contribution in [2.24, 2.45) is 5.11 Å². The molecule has 0 aliphatic carbocycles. The van der Waals surface area contributed by atoms with Gasteiger partial charge in [-0.15, -0.1) is 0 Å². The maximum Gasteiger partial charge on any atom is 0.108 e. The highest BCUT2D eigenvalue weighted by Crippen LogP contribution is 2.19. The molecule has 0 amide bonds. The molecule has 2 N–H and O–H groups in total. The minimum absolute atomic E-state index is 0.187. The molecule has 20 heavy (non-hydrogen) atoms. The first-order chi connectivity index (χ1) is 9.63. The molecule has 0 bridgehead atoms. The average Bonchev–Trinajstić information content (AvgIpc) is 2.94. The van der Waals surface area contributed by atoms with Crippen LogP contribution in [0, 0.1) is 6.92 Å². The molecular formula is C13H15N5O2. The molecule has 0 radical (unpaired) electrons. The fourth-order valence-electron chi connectivity index (χ4n) is 1.88. The van der Waals surface area contributed by atoms with Gasteiger partial charge in [0.15, 0.2) is 0 Å². The highest BCUT2D eigenvalue weighted by molar-refractivity contribution is 5.39. The molecule has 0 aliphatic rings. The summed E-state index contributed by atoms with van der Waals surface area (Å²) >= 11 is 0. The van der Waals surface area contributed by atoms with Crippen LogP contribution < -0.4 is 0 Å². The lowest BCUT2D eigenvalue weighted by Crippen LogP contribution is -2.20. The van der Waals surface area contributed by atoms with Crippen molar-refractivity contribution in [3.05, 3.63) is 58.2 Å². The van der Waals surface area contributed by atoms with E-state index in [0.717, 1.165) is 11.3 Å². The van der Waals surface area contributed by atoms with E-state index in [4.69, 9.17) is 5.53 Å². The molecule has 7 nitrogen and oxygen atoms in total. The molecule has 0 spiro atoms.